The van der Waals surface area contributed by atoms with Gasteiger partial charge < -0.3 is 64.5 Å². The van der Waals surface area contributed by atoms with E-state index in [1.54, 1.807) is 0 Å². The van der Waals surface area contributed by atoms with Crippen LogP contribution < -0.4 is 0 Å². The molecule has 13 heteroatoms. The van der Waals surface area contributed by atoms with E-state index in [-0.39, 0.29) is 6.61 Å². The molecule has 3 heterocycles. The normalized spacial score (nSPS) is 52.5. The van der Waals surface area contributed by atoms with Crippen LogP contribution in [0.2, 0.25) is 0 Å². The van der Waals surface area contributed by atoms with Gasteiger partial charge in [0.2, 0.25) is 0 Å². The Hall–Kier alpha value is -0.520. The summed E-state index contributed by atoms with van der Waals surface area (Å²) in [6.07, 6.45) is -14.8. The van der Waals surface area contributed by atoms with E-state index in [1.165, 1.54) is 6.92 Å². The average molecular weight is 442 g/mol. The van der Waals surface area contributed by atoms with Crippen molar-refractivity contribution in [3.8, 4) is 0 Å². The van der Waals surface area contributed by atoms with Gasteiger partial charge in [0, 0.05) is 0 Å². The van der Waals surface area contributed by atoms with Crippen LogP contribution >= 0.6 is 0 Å². The number of hydrogen-bond acceptors (Lipinski definition) is 13. The zero-order chi connectivity index (χ0) is 22.2. The molecule has 13 nitrogen and oxygen atoms in total. The molecule has 0 aliphatic carbocycles. The molecule has 0 aromatic heterocycles. The predicted molar refractivity (Wildman–Crippen MR) is 92.7 cm³/mol. The first-order valence-electron chi connectivity index (χ1n) is 9.67. The quantitative estimate of drug-likeness (QED) is 0.194. The van der Waals surface area contributed by atoms with Crippen molar-refractivity contribution in [2.45, 2.75) is 80.0 Å². The lowest BCUT2D eigenvalue weighted by atomic mass is 9.97. The Kier molecular flexibility index (Phi) is 7.67. The van der Waals surface area contributed by atoms with Crippen molar-refractivity contribution in [2.24, 2.45) is 0 Å². The van der Waals surface area contributed by atoms with E-state index in [4.69, 9.17) is 28.8 Å². The lowest BCUT2D eigenvalue weighted by Crippen LogP contribution is -2.63. The fraction of sp³-hybridized carbons (Fsp3) is 1.00. The van der Waals surface area contributed by atoms with Gasteiger partial charge in [-0.25, -0.2) is 0 Å². The molecule has 0 amide bonds. The molecule has 3 aliphatic rings. The highest BCUT2D eigenvalue weighted by Crippen LogP contribution is 2.32. The molecular formula is C17H30O13. The predicted octanol–water partition coefficient (Wildman–Crippen LogP) is -5.22. The van der Waals surface area contributed by atoms with Crippen molar-refractivity contribution < 1.29 is 64.5 Å². The summed E-state index contributed by atoms with van der Waals surface area (Å²) in [5.74, 6) is 0. The topological polar surface area (TPSA) is 208 Å². The maximum Gasteiger partial charge on any atom is 0.187 e. The smallest absolute Gasteiger partial charge is 0.187 e. The van der Waals surface area contributed by atoms with Gasteiger partial charge in [0.1, 0.15) is 54.4 Å². The Morgan fingerprint density at radius 2 is 1.60 bits per heavy atom. The second-order valence-electron chi connectivity index (χ2n) is 7.89. The average Bonchev–Trinajstić information content (AvgIpc) is 3.01. The van der Waals surface area contributed by atoms with Crippen molar-refractivity contribution in [2.75, 3.05) is 26.4 Å². The molecule has 3 saturated heterocycles. The van der Waals surface area contributed by atoms with Crippen molar-refractivity contribution in [1.82, 2.24) is 0 Å². The monoisotopic (exact) mass is 442 g/mol. The van der Waals surface area contributed by atoms with Crippen LogP contribution in [0.3, 0.4) is 0 Å². The SMILES string of the molecule is C[C@@H]1O[C@@H](OC2CO[C@H](CO)[C@H](O)[C@@H]2O)[C@H](O[C@@H]2OC[C@](O)(CO)[C@H]2O)[C@H](O)[C@H]1O. The Balaban J connectivity index is 1.72. The molecule has 176 valence electrons. The van der Waals surface area contributed by atoms with Crippen LogP contribution in [0.4, 0.5) is 0 Å². The molecule has 1 unspecified atom stereocenters. The summed E-state index contributed by atoms with van der Waals surface area (Å²) in [7, 11) is 0. The summed E-state index contributed by atoms with van der Waals surface area (Å²) in [5.41, 5.74) is -1.97. The van der Waals surface area contributed by atoms with Crippen molar-refractivity contribution in [3.05, 3.63) is 0 Å². The summed E-state index contributed by atoms with van der Waals surface area (Å²) in [6, 6.07) is 0. The first kappa shape index (κ1) is 24.1. The highest BCUT2D eigenvalue weighted by atomic mass is 16.8. The molecule has 0 spiro atoms. The first-order chi connectivity index (χ1) is 14.1. The van der Waals surface area contributed by atoms with Crippen LogP contribution in [0.5, 0.6) is 0 Å². The first-order valence-corrected chi connectivity index (χ1v) is 9.67. The van der Waals surface area contributed by atoms with Crippen LogP contribution in [0, 0.1) is 0 Å². The largest absolute Gasteiger partial charge is 0.394 e. The molecule has 8 N–H and O–H groups in total. The lowest BCUT2D eigenvalue weighted by Gasteiger charge is -2.45. The Labute approximate surface area is 171 Å². The van der Waals surface area contributed by atoms with Crippen LogP contribution in [-0.4, -0.2) is 140 Å². The third-order valence-corrected chi connectivity index (χ3v) is 5.73. The number of aliphatic hydroxyl groups is 8. The van der Waals surface area contributed by atoms with Crippen molar-refractivity contribution >= 4 is 0 Å². The second kappa shape index (κ2) is 9.54. The van der Waals surface area contributed by atoms with Gasteiger partial charge in [-0.2, -0.15) is 0 Å². The van der Waals surface area contributed by atoms with Gasteiger partial charge in [0.25, 0.3) is 0 Å². The maximum atomic E-state index is 10.5. The van der Waals surface area contributed by atoms with Gasteiger partial charge in [-0.05, 0) is 6.92 Å². The molecule has 3 aliphatic heterocycles. The van der Waals surface area contributed by atoms with E-state index in [0.29, 0.717) is 0 Å². The van der Waals surface area contributed by atoms with E-state index in [0.717, 1.165) is 0 Å². The molecule has 0 bridgehead atoms. The number of ether oxygens (including phenoxy) is 5. The van der Waals surface area contributed by atoms with E-state index >= 15 is 0 Å². The lowest BCUT2D eigenvalue weighted by molar-refractivity contribution is -0.352. The molecular weight excluding hydrogens is 412 g/mol. The minimum atomic E-state index is -1.97. The van der Waals surface area contributed by atoms with Gasteiger partial charge in [-0.3, -0.25) is 0 Å². The number of hydrogen-bond donors (Lipinski definition) is 8. The summed E-state index contributed by atoms with van der Waals surface area (Å²) in [5, 5.41) is 79.6. The summed E-state index contributed by atoms with van der Waals surface area (Å²) in [6.45, 7) is -0.490. The van der Waals surface area contributed by atoms with Crippen LogP contribution in [0.1, 0.15) is 6.92 Å². The molecule has 30 heavy (non-hydrogen) atoms. The van der Waals surface area contributed by atoms with Crippen LogP contribution in [0.25, 0.3) is 0 Å². The van der Waals surface area contributed by atoms with Gasteiger partial charge in [-0.1, -0.05) is 0 Å². The maximum absolute atomic E-state index is 10.5. The number of aliphatic hydroxyl groups excluding tert-OH is 7. The number of rotatable bonds is 6. The zero-order valence-electron chi connectivity index (χ0n) is 16.3. The molecule has 0 radical (unpaired) electrons. The van der Waals surface area contributed by atoms with E-state index in [1.807, 2.05) is 0 Å². The molecule has 0 aromatic carbocycles. The van der Waals surface area contributed by atoms with Gasteiger partial charge in [0.15, 0.2) is 12.6 Å². The second-order valence-corrected chi connectivity index (χ2v) is 7.89. The Morgan fingerprint density at radius 1 is 0.900 bits per heavy atom. The standard InChI is InChI=1S/C17H30O13/c1-6-9(20)12(23)13(30-16-14(24)17(25,4-19)5-27-16)15(28-6)29-8-3-26-7(2-18)10(21)11(8)22/h6-16,18-25H,2-5H2,1H3/t6-,7+,8?,9-,10-,11+,12+,13+,14-,15-,16-,17+/m0/s1. The minimum Gasteiger partial charge on any atom is -0.394 e. The van der Waals surface area contributed by atoms with Crippen molar-refractivity contribution in [3.63, 3.8) is 0 Å². The zero-order valence-corrected chi connectivity index (χ0v) is 16.3. The molecule has 0 aromatic rings. The third kappa shape index (κ3) is 4.49. The van der Waals surface area contributed by atoms with Gasteiger partial charge >= 0.3 is 0 Å². The van der Waals surface area contributed by atoms with Crippen molar-refractivity contribution in [1.29, 1.82) is 0 Å². The third-order valence-electron chi connectivity index (χ3n) is 5.73. The van der Waals surface area contributed by atoms with E-state index in [2.05, 4.69) is 0 Å². The van der Waals surface area contributed by atoms with Crippen LogP contribution in [0.15, 0.2) is 0 Å². The minimum absolute atomic E-state index is 0.212. The fourth-order valence-corrected chi connectivity index (χ4v) is 3.63. The van der Waals surface area contributed by atoms with Gasteiger partial charge in [-0.15, -0.1) is 0 Å². The van der Waals surface area contributed by atoms with E-state index in [9.17, 15) is 35.7 Å². The Morgan fingerprint density at radius 3 is 2.20 bits per heavy atom. The van der Waals surface area contributed by atoms with Crippen LogP contribution in [-0.2, 0) is 23.7 Å². The highest BCUT2D eigenvalue weighted by molar-refractivity contribution is 4.96. The molecule has 12 atom stereocenters. The summed E-state index contributed by atoms with van der Waals surface area (Å²) in [4.78, 5) is 0. The molecule has 0 saturated carbocycles. The molecule has 3 rings (SSSR count). The summed E-state index contributed by atoms with van der Waals surface area (Å²) >= 11 is 0. The Bertz CT molecular complexity index is 566. The molecule has 3 fully saturated rings. The fourth-order valence-electron chi connectivity index (χ4n) is 3.63. The highest BCUT2D eigenvalue weighted by Gasteiger charge is 2.53. The van der Waals surface area contributed by atoms with Gasteiger partial charge in [0.05, 0.1) is 32.5 Å². The summed E-state index contributed by atoms with van der Waals surface area (Å²) < 4.78 is 27.1. The van der Waals surface area contributed by atoms with E-state index < -0.39 is 92.9 Å².